The zero-order chi connectivity index (χ0) is 13.4. The number of hydrogen-bond donors (Lipinski definition) is 0. The zero-order valence-electron chi connectivity index (χ0n) is 10.4. The third-order valence-electron chi connectivity index (χ3n) is 3.25. The first kappa shape index (κ1) is 12.4. The summed E-state index contributed by atoms with van der Waals surface area (Å²) >= 11 is 2.24. The monoisotopic (exact) mass is 361 g/mol. The molecule has 0 saturated carbocycles. The highest BCUT2D eigenvalue weighted by Gasteiger charge is 2.15. The zero-order valence-corrected chi connectivity index (χ0v) is 12.6. The first-order valence-corrected chi connectivity index (χ1v) is 7.09. The molecule has 0 unspecified atom stereocenters. The highest BCUT2D eigenvalue weighted by Crippen LogP contribution is 2.23. The molecule has 2 nitrogen and oxygen atoms in total. The normalized spacial score (nSPS) is 10.8. The summed E-state index contributed by atoms with van der Waals surface area (Å²) in [7, 11) is 1.97. The van der Waals surface area contributed by atoms with Gasteiger partial charge in [-0.25, -0.2) is 0 Å². The van der Waals surface area contributed by atoms with Crippen LogP contribution in [-0.2, 0) is 7.05 Å². The van der Waals surface area contributed by atoms with Crippen molar-refractivity contribution in [3.63, 3.8) is 0 Å². The van der Waals surface area contributed by atoms with Crippen molar-refractivity contribution in [3.05, 3.63) is 69.4 Å². The summed E-state index contributed by atoms with van der Waals surface area (Å²) in [5.74, 6) is 0.0770. The van der Waals surface area contributed by atoms with Crippen LogP contribution in [0.2, 0.25) is 0 Å². The largest absolute Gasteiger partial charge is 0.350 e. The van der Waals surface area contributed by atoms with Gasteiger partial charge in [-0.15, -0.1) is 0 Å². The van der Waals surface area contributed by atoms with Gasteiger partial charge in [0.05, 0.1) is 0 Å². The number of carbonyl (C=O) groups is 1. The number of hydrogen-bond acceptors (Lipinski definition) is 1. The van der Waals surface area contributed by atoms with Crippen LogP contribution in [0.5, 0.6) is 0 Å². The number of aromatic nitrogens is 1. The molecule has 19 heavy (non-hydrogen) atoms. The van der Waals surface area contributed by atoms with Gasteiger partial charge in [0.1, 0.15) is 0 Å². The van der Waals surface area contributed by atoms with E-state index in [4.69, 9.17) is 0 Å². The van der Waals surface area contributed by atoms with Crippen LogP contribution in [0.3, 0.4) is 0 Å². The standard InChI is InChI=1S/C16H12INO/c1-18-10-14(13-4-2-3-5-15(13)18)16(19)11-6-8-12(17)9-7-11/h2-10H,1H3. The van der Waals surface area contributed by atoms with Crippen molar-refractivity contribution in [3.8, 4) is 0 Å². The van der Waals surface area contributed by atoms with E-state index in [-0.39, 0.29) is 5.78 Å². The van der Waals surface area contributed by atoms with E-state index in [1.54, 1.807) is 0 Å². The highest BCUT2D eigenvalue weighted by atomic mass is 127. The average molecular weight is 361 g/mol. The predicted octanol–water partition coefficient (Wildman–Crippen LogP) is 4.01. The highest BCUT2D eigenvalue weighted by molar-refractivity contribution is 14.1. The van der Waals surface area contributed by atoms with Crippen molar-refractivity contribution >= 4 is 39.3 Å². The van der Waals surface area contributed by atoms with E-state index >= 15 is 0 Å². The van der Waals surface area contributed by atoms with Crippen LogP contribution in [0.4, 0.5) is 0 Å². The minimum atomic E-state index is 0.0770. The molecule has 3 rings (SSSR count). The van der Waals surface area contributed by atoms with Gasteiger partial charge in [-0.05, 0) is 52.9 Å². The lowest BCUT2D eigenvalue weighted by Crippen LogP contribution is -2.00. The second-order valence-corrected chi connectivity index (χ2v) is 5.75. The lowest BCUT2D eigenvalue weighted by Gasteiger charge is -2.00. The summed E-state index contributed by atoms with van der Waals surface area (Å²) in [6.45, 7) is 0. The fourth-order valence-corrected chi connectivity index (χ4v) is 2.64. The number of para-hydroxylation sites is 1. The second-order valence-electron chi connectivity index (χ2n) is 4.51. The first-order valence-electron chi connectivity index (χ1n) is 6.01. The molecule has 3 heteroatoms. The van der Waals surface area contributed by atoms with Gasteiger partial charge >= 0.3 is 0 Å². The summed E-state index contributed by atoms with van der Waals surface area (Å²) < 4.78 is 3.13. The first-order chi connectivity index (χ1) is 9.16. The molecular weight excluding hydrogens is 349 g/mol. The lowest BCUT2D eigenvalue weighted by molar-refractivity contribution is 0.104. The molecule has 0 aliphatic heterocycles. The number of rotatable bonds is 2. The van der Waals surface area contributed by atoms with Crippen molar-refractivity contribution in [2.24, 2.45) is 7.05 Å². The molecule has 0 saturated heterocycles. The van der Waals surface area contributed by atoms with E-state index in [9.17, 15) is 4.79 Å². The van der Waals surface area contributed by atoms with Gasteiger partial charge in [0.2, 0.25) is 0 Å². The Morgan fingerprint density at radius 3 is 2.47 bits per heavy atom. The smallest absolute Gasteiger partial charge is 0.195 e. The molecule has 2 aromatic carbocycles. The molecule has 0 fully saturated rings. The predicted molar refractivity (Wildman–Crippen MR) is 85.5 cm³/mol. The Kier molecular flexibility index (Phi) is 3.14. The third kappa shape index (κ3) is 2.18. The summed E-state index contributed by atoms with van der Waals surface area (Å²) in [6, 6.07) is 15.7. The molecule has 1 aromatic heterocycles. The van der Waals surface area contributed by atoms with Crippen LogP contribution in [-0.4, -0.2) is 10.4 Å². The Labute approximate surface area is 125 Å². The van der Waals surface area contributed by atoms with Crippen molar-refractivity contribution in [2.75, 3.05) is 0 Å². The van der Waals surface area contributed by atoms with Gasteiger partial charge in [0.25, 0.3) is 0 Å². The Hall–Kier alpha value is -1.62. The van der Waals surface area contributed by atoms with Gasteiger partial charge in [0.15, 0.2) is 5.78 Å². The number of carbonyl (C=O) groups excluding carboxylic acids is 1. The van der Waals surface area contributed by atoms with Crippen LogP contribution in [0.15, 0.2) is 54.7 Å². The average Bonchev–Trinajstić information content (AvgIpc) is 2.77. The molecule has 3 aromatic rings. The molecule has 0 spiro atoms. The lowest BCUT2D eigenvalue weighted by atomic mass is 10.0. The molecule has 0 radical (unpaired) electrons. The summed E-state index contributed by atoms with van der Waals surface area (Å²) in [5, 5.41) is 1.01. The van der Waals surface area contributed by atoms with Gasteiger partial charge in [-0.2, -0.15) is 0 Å². The van der Waals surface area contributed by atoms with Crippen LogP contribution < -0.4 is 0 Å². The Bertz CT molecular complexity index is 756. The maximum Gasteiger partial charge on any atom is 0.195 e. The Balaban J connectivity index is 2.14. The second kappa shape index (κ2) is 4.81. The van der Waals surface area contributed by atoms with E-state index in [0.29, 0.717) is 0 Å². The van der Waals surface area contributed by atoms with E-state index in [1.807, 2.05) is 66.3 Å². The molecule has 1 heterocycles. The van der Waals surface area contributed by atoms with Crippen LogP contribution in [0, 0.1) is 3.57 Å². The number of fused-ring (bicyclic) bond motifs is 1. The minimum absolute atomic E-state index is 0.0770. The van der Waals surface area contributed by atoms with Crippen molar-refractivity contribution in [1.29, 1.82) is 0 Å². The van der Waals surface area contributed by atoms with Gasteiger partial charge in [-0.1, -0.05) is 18.2 Å². The fourth-order valence-electron chi connectivity index (χ4n) is 2.28. The van der Waals surface area contributed by atoms with Gasteiger partial charge in [0, 0.05) is 38.8 Å². The number of halogens is 1. The summed E-state index contributed by atoms with van der Waals surface area (Å²) in [6.07, 6.45) is 1.91. The summed E-state index contributed by atoms with van der Waals surface area (Å²) in [5.41, 5.74) is 2.58. The van der Waals surface area contributed by atoms with Gasteiger partial charge in [-0.3, -0.25) is 4.79 Å². The maximum absolute atomic E-state index is 12.6. The summed E-state index contributed by atoms with van der Waals surface area (Å²) in [4.78, 5) is 12.6. The van der Waals surface area contributed by atoms with E-state index in [2.05, 4.69) is 22.6 Å². The van der Waals surface area contributed by atoms with E-state index in [1.165, 1.54) is 0 Å². The Morgan fingerprint density at radius 2 is 1.74 bits per heavy atom. The topological polar surface area (TPSA) is 22.0 Å². The van der Waals surface area contributed by atoms with Crippen molar-refractivity contribution in [1.82, 2.24) is 4.57 Å². The molecule has 94 valence electrons. The minimum Gasteiger partial charge on any atom is -0.350 e. The van der Waals surface area contributed by atoms with E-state index < -0.39 is 0 Å². The van der Waals surface area contributed by atoms with Crippen LogP contribution >= 0.6 is 22.6 Å². The van der Waals surface area contributed by atoms with Crippen LogP contribution in [0.25, 0.3) is 10.9 Å². The fraction of sp³-hybridized carbons (Fsp3) is 0.0625. The van der Waals surface area contributed by atoms with Crippen molar-refractivity contribution < 1.29 is 4.79 Å². The SMILES string of the molecule is Cn1cc(C(=O)c2ccc(I)cc2)c2ccccc21. The number of aryl methyl sites for hydroxylation is 1. The maximum atomic E-state index is 12.6. The molecule has 0 aliphatic rings. The van der Waals surface area contributed by atoms with Crippen molar-refractivity contribution in [2.45, 2.75) is 0 Å². The third-order valence-corrected chi connectivity index (χ3v) is 3.97. The van der Waals surface area contributed by atoms with Crippen LogP contribution in [0.1, 0.15) is 15.9 Å². The quantitative estimate of drug-likeness (QED) is 0.499. The van der Waals surface area contributed by atoms with Gasteiger partial charge < -0.3 is 4.57 Å². The molecule has 0 bridgehead atoms. The molecule has 0 N–H and O–H groups in total. The number of nitrogens with zero attached hydrogens (tertiary/aromatic N) is 1. The molecule has 0 amide bonds. The van der Waals surface area contributed by atoms with E-state index in [0.717, 1.165) is 25.6 Å². The number of benzene rings is 2. The number of ketones is 1. The molecule has 0 aliphatic carbocycles. The Morgan fingerprint density at radius 1 is 1.05 bits per heavy atom. The molecule has 0 atom stereocenters. The molecular formula is C16H12INO.